The molecule has 0 saturated carbocycles. The molecule has 1 aliphatic rings. The van der Waals surface area contributed by atoms with Crippen molar-refractivity contribution in [1.29, 1.82) is 0 Å². The highest BCUT2D eigenvalue weighted by Gasteiger charge is 2.18. The second-order valence-corrected chi connectivity index (χ2v) is 4.01. The number of nitrogens with zero attached hydrogens (tertiary/aromatic N) is 1. The molecule has 88 valence electrons. The molecular weight excluding hydrogens is 209 g/mol. The number of rotatable bonds is 3. The van der Waals surface area contributed by atoms with Crippen LogP contribution in [-0.4, -0.2) is 36.8 Å². The van der Waals surface area contributed by atoms with Crippen molar-refractivity contribution in [2.45, 2.75) is 13.0 Å². The Bertz CT molecular complexity index is 382. The van der Waals surface area contributed by atoms with E-state index in [1.165, 1.54) is 13.2 Å². The predicted octanol–water partition coefficient (Wildman–Crippen LogP) is 1.18. The lowest BCUT2D eigenvalue weighted by Crippen LogP contribution is -2.32. The number of fused-ring (bicyclic) bond motifs is 1. The van der Waals surface area contributed by atoms with Gasteiger partial charge in [-0.3, -0.25) is 4.90 Å². The number of benzene rings is 1. The summed E-state index contributed by atoms with van der Waals surface area (Å²) < 4.78 is 18.5. The highest BCUT2D eigenvalue weighted by molar-refractivity contribution is 5.38. The van der Waals surface area contributed by atoms with Gasteiger partial charge in [0.25, 0.3) is 0 Å². The Kier molecular flexibility index (Phi) is 3.41. The molecule has 16 heavy (non-hydrogen) atoms. The van der Waals surface area contributed by atoms with E-state index in [1.807, 2.05) is 0 Å². The van der Waals surface area contributed by atoms with E-state index in [0.717, 1.165) is 24.1 Å². The van der Waals surface area contributed by atoms with Crippen molar-refractivity contribution in [3.05, 3.63) is 29.1 Å². The van der Waals surface area contributed by atoms with Crippen LogP contribution in [0.4, 0.5) is 4.39 Å². The highest BCUT2D eigenvalue weighted by atomic mass is 19.1. The Morgan fingerprint density at radius 3 is 2.94 bits per heavy atom. The zero-order valence-electron chi connectivity index (χ0n) is 9.37. The molecule has 0 aliphatic carbocycles. The molecular formula is C12H16FNO2. The number of ether oxygens (including phenoxy) is 1. The molecule has 0 radical (unpaired) electrons. The van der Waals surface area contributed by atoms with E-state index in [2.05, 4.69) is 4.90 Å². The van der Waals surface area contributed by atoms with Crippen molar-refractivity contribution in [2.75, 3.05) is 26.8 Å². The van der Waals surface area contributed by atoms with E-state index in [9.17, 15) is 4.39 Å². The number of hydrogen-bond donors (Lipinski definition) is 1. The lowest BCUT2D eigenvalue weighted by Gasteiger charge is -2.28. The molecule has 0 atom stereocenters. The Morgan fingerprint density at radius 1 is 1.44 bits per heavy atom. The van der Waals surface area contributed by atoms with Gasteiger partial charge in [0.2, 0.25) is 0 Å². The molecule has 1 heterocycles. The van der Waals surface area contributed by atoms with Gasteiger partial charge in [-0.1, -0.05) is 0 Å². The summed E-state index contributed by atoms with van der Waals surface area (Å²) in [6.45, 7) is 2.40. The summed E-state index contributed by atoms with van der Waals surface area (Å²) in [5, 5.41) is 8.87. The van der Waals surface area contributed by atoms with Gasteiger partial charge in [0.1, 0.15) is 0 Å². The first kappa shape index (κ1) is 11.4. The Labute approximate surface area is 94.4 Å². The normalized spacial score (nSPS) is 15.9. The maximum atomic E-state index is 13.5. The summed E-state index contributed by atoms with van der Waals surface area (Å²) in [5.74, 6) is 0.00135. The smallest absolute Gasteiger partial charge is 0.165 e. The van der Waals surface area contributed by atoms with Gasteiger partial charge in [-0.05, 0) is 29.7 Å². The topological polar surface area (TPSA) is 32.7 Å². The maximum absolute atomic E-state index is 13.5. The van der Waals surface area contributed by atoms with Gasteiger partial charge >= 0.3 is 0 Å². The second-order valence-electron chi connectivity index (χ2n) is 4.01. The summed E-state index contributed by atoms with van der Waals surface area (Å²) >= 11 is 0. The number of aliphatic hydroxyl groups is 1. The number of aliphatic hydroxyl groups excluding tert-OH is 1. The predicted molar refractivity (Wildman–Crippen MR) is 59.0 cm³/mol. The SMILES string of the molecule is COc1cc2c(cc1F)CN(CCO)CC2. The van der Waals surface area contributed by atoms with E-state index in [1.54, 1.807) is 6.07 Å². The lowest BCUT2D eigenvalue weighted by molar-refractivity contribution is 0.184. The quantitative estimate of drug-likeness (QED) is 0.838. The molecule has 0 fully saturated rings. The first-order valence-corrected chi connectivity index (χ1v) is 5.43. The van der Waals surface area contributed by atoms with Crippen LogP contribution in [0.5, 0.6) is 5.75 Å². The molecule has 0 saturated heterocycles. The van der Waals surface area contributed by atoms with Crippen molar-refractivity contribution >= 4 is 0 Å². The van der Waals surface area contributed by atoms with E-state index >= 15 is 0 Å². The van der Waals surface area contributed by atoms with Crippen LogP contribution in [-0.2, 0) is 13.0 Å². The van der Waals surface area contributed by atoms with E-state index in [-0.39, 0.29) is 12.4 Å². The van der Waals surface area contributed by atoms with Crippen molar-refractivity contribution in [3.8, 4) is 5.75 Å². The largest absolute Gasteiger partial charge is 0.494 e. The summed E-state index contributed by atoms with van der Waals surface area (Å²) in [4.78, 5) is 2.12. The van der Waals surface area contributed by atoms with Gasteiger partial charge < -0.3 is 9.84 Å². The zero-order chi connectivity index (χ0) is 11.5. The van der Waals surface area contributed by atoms with Crippen molar-refractivity contribution < 1.29 is 14.2 Å². The van der Waals surface area contributed by atoms with Crippen LogP contribution in [0.2, 0.25) is 0 Å². The number of methoxy groups -OCH3 is 1. The van der Waals surface area contributed by atoms with Crippen LogP contribution in [0.25, 0.3) is 0 Å². The van der Waals surface area contributed by atoms with Crippen LogP contribution in [0.15, 0.2) is 12.1 Å². The summed E-state index contributed by atoms with van der Waals surface area (Å²) in [6.07, 6.45) is 0.881. The minimum atomic E-state index is -0.313. The fourth-order valence-electron chi connectivity index (χ4n) is 2.10. The number of hydrogen-bond acceptors (Lipinski definition) is 3. The van der Waals surface area contributed by atoms with Crippen LogP contribution >= 0.6 is 0 Å². The van der Waals surface area contributed by atoms with Crippen LogP contribution < -0.4 is 4.74 Å². The van der Waals surface area contributed by atoms with E-state index in [4.69, 9.17) is 9.84 Å². The van der Waals surface area contributed by atoms with Gasteiger partial charge in [0, 0.05) is 19.6 Å². The Balaban J connectivity index is 2.22. The number of β-amino-alcohol motifs (C(OH)–C–C–N with tert-alkyl or cyclic N) is 1. The molecule has 4 heteroatoms. The summed E-state index contributed by atoms with van der Waals surface area (Å²) in [7, 11) is 1.48. The Morgan fingerprint density at radius 2 is 2.25 bits per heavy atom. The van der Waals surface area contributed by atoms with Gasteiger partial charge in [0.15, 0.2) is 11.6 Å². The molecule has 0 amide bonds. The van der Waals surface area contributed by atoms with Gasteiger partial charge in [-0.2, -0.15) is 0 Å². The molecule has 0 bridgehead atoms. The van der Waals surface area contributed by atoms with E-state index < -0.39 is 0 Å². The standard InChI is InChI=1S/C12H16FNO2/c1-16-12-7-9-2-3-14(4-5-15)8-10(9)6-11(12)13/h6-7,15H,2-5,8H2,1H3. The molecule has 1 N–H and O–H groups in total. The summed E-state index contributed by atoms with van der Waals surface area (Å²) in [5.41, 5.74) is 2.14. The molecule has 1 aromatic carbocycles. The van der Waals surface area contributed by atoms with Crippen LogP contribution in [0.1, 0.15) is 11.1 Å². The van der Waals surface area contributed by atoms with Gasteiger partial charge in [0.05, 0.1) is 13.7 Å². The van der Waals surface area contributed by atoms with E-state index in [0.29, 0.717) is 18.8 Å². The van der Waals surface area contributed by atoms with Crippen LogP contribution in [0, 0.1) is 5.82 Å². The van der Waals surface area contributed by atoms with Crippen molar-refractivity contribution in [2.24, 2.45) is 0 Å². The zero-order valence-corrected chi connectivity index (χ0v) is 9.37. The van der Waals surface area contributed by atoms with Crippen molar-refractivity contribution in [1.82, 2.24) is 4.90 Å². The average molecular weight is 225 g/mol. The highest BCUT2D eigenvalue weighted by Crippen LogP contribution is 2.26. The van der Waals surface area contributed by atoms with Crippen molar-refractivity contribution in [3.63, 3.8) is 0 Å². The van der Waals surface area contributed by atoms with Gasteiger partial charge in [-0.15, -0.1) is 0 Å². The molecule has 1 aromatic rings. The molecule has 2 rings (SSSR count). The summed E-state index contributed by atoms with van der Waals surface area (Å²) in [6, 6.07) is 3.32. The lowest BCUT2D eigenvalue weighted by atomic mass is 9.99. The third-order valence-electron chi connectivity index (χ3n) is 2.98. The minimum Gasteiger partial charge on any atom is -0.494 e. The minimum absolute atomic E-state index is 0.147. The molecule has 0 spiro atoms. The second kappa shape index (κ2) is 4.80. The Hall–Kier alpha value is -1.13. The monoisotopic (exact) mass is 225 g/mol. The maximum Gasteiger partial charge on any atom is 0.165 e. The molecule has 0 aromatic heterocycles. The molecule has 3 nitrogen and oxygen atoms in total. The first-order chi connectivity index (χ1) is 7.74. The average Bonchev–Trinajstić information content (AvgIpc) is 2.28. The van der Waals surface area contributed by atoms with Crippen LogP contribution in [0.3, 0.4) is 0 Å². The number of halogens is 1. The third kappa shape index (κ3) is 2.18. The first-order valence-electron chi connectivity index (χ1n) is 5.43. The fraction of sp³-hybridized carbons (Fsp3) is 0.500. The third-order valence-corrected chi connectivity index (χ3v) is 2.98. The molecule has 1 aliphatic heterocycles. The fourth-order valence-corrected chi connectivity index (χ4v) is 2.10. The van der Waals surface area contributed by atoms with Gasteiger partial charge in [-0.25, -0.2) is 4.39 Å². The molecule has 0 unspecified atom stereocenters.